The average molecular weight is 338 g/mol. The van der Waals surface area contributed by atoms with Gasteiger partial charge in [0.1, 0.15) is 0 Å². The highest BCUT2D eigenvalue weighted by molar-refractivity contribution is 5.80. The Labute approximate surface area is 147 Å². The predicted molar refractivity (Wildman–Crippen MR) is 97.4 cm³/mol. The Hall–Kier alpha value is -0.810. The van der Waals surface area contributed by atoms with Crippen molar-refractivity contribution in [1.82, 2.24) is 10.6 Å². The zero-order chi connectivity index (χ0) is 16.8. The number of aliphatic imine (C=N–C) groups is 1. The minimum atomic E-state index is 0.348. The number of hydrogen-bond donors (Lipinski definition) is 2. The molecule has 3 aliphatic carbocycles. The van der Waals surface area contributed by atoms with Crippen LogP contribution in [0.1, 0.15) is 58.3 Å². The van der Waals surface area contributed by atoms with Gasteiger partial charge in [-0.2, -0.15) is 0 Å². The van der Waals surface area contributed by atoms with E-state index in [-0.39, 0.29) is 0 Å². The molecular weight excluding hydrogens is 302 g/mol. The van der Waals surface area contributed by atoms with Gasteiger partial charge in [-0.1, -0.05) is 12.8 Å². The van der Waals surface area contributed by atoms with Gasteiger partial charge in [0.25, 0.3) is 0 Å². The zero-order valence-electron chi connectivity index (χ0n) is 15.5. The van der Waals surface area contributed by atoms with Crippen molar-refractivity contribution < 1.29 is 9.47 Å². The third kappa shape index (κ3) is 4.23. The van der Waals surface area contributed by atoms with E-state index in [9.17, 15) is 0 Å². The first kappa shape index (κ1) is 18.0. The number of rotatable bonds is 9. The third-order valence-electron chi connectivity index (χ3n) is 6.03. The second-order valence-corrected chi connectivity index (χ2v) is 7.69. The zero-order valence-corrected chi connectivity index (χ0v) is 15.5. The van der Waals surface area contributed by atoms with Crippen LogP contribution in [0.5, 0.6) is 0 Å². The second-order valence-electron chi connectivity index (χ2n) is 7.69. The average Bonchev–Trinajstić information content (AvgIpc) is 3.26. The first-order valence-electron chi connectivity index (χ1n) is 9.95. The number of nitrogens with one attached hydrogen (secondary N) is 2. The van der Waals surface area contributed by atoms with E-state index in [1.165, 1.54) is 38.5 Å². The summed E-state index contributed by atoms with van der Waals surface area (Å²) in [5.41, 5.74) is 0.348. The van der Waals surface area contributed by atoms with Crippen LogP contribution < -0.4 is 10.6 Å². The Kier molecular flexibility index (Phi) is 6.39. The lowest BCUT2D eigenvalue weighted by molar-refractivity contribution is -0.125. The number of guanidine groups is 1. The van der Waals surface area contributed by atoms with Crippen LogP contribution in [-0.2, 0) is 9.47 Å². The SMILES string of the molecule is CCOC1CC(NC(=NC)NCCCOCC2CC2)C12CCCC2. The molecule has 3 rings (SSSR count). The van der Waals surface area contributed by atoms with Gasteiger partial charge in [-0.25, -0.2) is 0 Å². The van der Waals surface area contributed by atoms with E-state index in [1.807, 2.05) is 7.05 Å². The monoisotopic (exact) mass is 337 g/mol. The van der Waals surface area contributed by atoms with E-state index in [1.54, 1.807) is 0 Å². The van der Waals surface area contributed by atoms with Crippen molar-refractivity contribution in [2.24, 2.45) is 16.3 Å². The van der Waals surface area contributed by atoms with E-state index in [4.69, 9.17) is 9.47 Å². The molecule has 0 aromatic heterocycles. The molecule has 0 aromatic rings. The molecule has 0 aromatic carbocycles. The molecule has 3 aliphatic rings. The topological polar surface area (TPSA) is 54.9 Å². The second kappa shape index (κ2) is 8.52. The summed E-state index contributed by atoms with van der Waals surface area (Å²) in [6, 6.07) is 0.508. The minimum absolute atomic E-state index is 0.348. The molecule has 3 saturated carbocycles. The van der Waals surface area contributed by atoms with E-state index in [0.29, 0.717) is 17.6 Å². The largest absolute Gasteiger partial charge is 0.381 e. The van der Waals surface area contributed by atoms with Gasteiger partial charge in [0.2, 0.25) is 0 Å². The van der Waals surface area contributed by atoms with Gasteiger partial charge >= 0.3 is 0 Å². The molecule has 5 nitrogen and oxygen atoms in total. The normalized spacial score (nSPS) is 28.8. The first-order valence-corrected chi connectivity index (χ1v) is 9.95. The van der Waals surface area contributed by atoms with Crippen molar-refractivity contribution in [2.75, 3.05) is 33.4 Å². The molecule has 0 saturated heterocycles. The summed E-state index contributed by atoms with van der Waals surface area (Å²) in [5.74, 6) is 1.79. The minimum Gasteiger partial charge on any atom is -0.381 e. The van der Waals surface area contributed by atoms with Crippen molar-refractivity contribution >= 4 is 5.96 Å². The van der Waals surface area contributed by atoms with Crippen molar-refractivity contribution in [1.29, 1.82) is 0 Å². The molecule has 0 bridgehead atoms. The lowest BCUT2D eigenvalue weighted by Crippen LogP contribution is -2.65. The fourth-order valence-electron chi connectivity index (χ4n) is 4.36. The molecule has 2 unspecified atom stereocenters. The number of hydrogen-bond acceptors (Lipinski definition) is 3. The molecule has 5 heteroatoms. The van der Waals surface area contributed by atoms with Crippen LogP contribution in [0.15, 0.2) is 4.99 Å². The molecule has 24 heavy (non-hydrogen) atoms. The fourth-order valence-corrected chi connectivity index (χ4v) is 4.36. The van der Waals surface area contributed by atoms with Gasteiger partial charge < -0.3 is 20.1 Å². The smallest absolute Gasteiger partial charge is 0.191 e. The Morgan fingerprint density at radius 3 is 2.71 bits per heavy atom. The summed E-state index contributed by atoms with van der Waals surface area (Å²) < 4.78 is 11.7. The fraction of sp³-hybridized carbons (Fsp3) is 0.947. The molecule has 1 spiro atoms. The maximum atomic E-state index is 5.99. The van der Waals surface area contributed by atoms with Crippen molar-refractivity contribution in [3.63, 3.8) is 0 Å². The highest BCUT2D eigenvalue weighted by Crippen LogP contribution is 2.54. The van der Waals surface area contributed by atoms with Crippen LogP contribution in [0.4, 0.5) is 0 Å². The van der Waals surface area contributed by atoms with Gasteiger partial charge in [-0.05, 0) is 51.4 Å². The van der Waals surface area contributed by atoms with Gasteiger partial charge in [-0.3, -0.25) is 4.99 Å². The third-order valence-corrected chi connectivity index (χ3v) is 6.03. The van der Waals surface area contributed by atoms with Crippen molar-refractivity contribution in [3.8, 4) is 0 Å². The van der Waals surface area contributed by atoms with E-state index in [2.05, 4.69) is 22.5 Å². The maximum Gasteiger partial charge on any atom is 0.191 e. The summed E-state index contributed by atoms with van der Waals surface area (Å²) in [6.45, 7) is 5.65. The van der Waals surface area contributed by atoms with Gasteiger partial charge in [0, 0.05) is 44.9 Å². The Bertz CT molecular complexity index is 417. The van der Waals surface area contributed by atoms with Crippen LogP contribution in [0.3, 0.4) is 0 Å². The highest BCUT2D eigenvalue weighted by Gasteiger charge is 2.56. The summed E-state index contributed by atoms with van der Waals surface area (Å²) in [5, 5.41) is 7.11. The number of ether oxygens (including phenoxy) is 2. The Morgan fingerprint density at radius 2 is 2.04 bits per heavy atom. The van der Waals surface area contributed by atoms with Gasteiger partial charge in [-0.15, -0.1) is 0 Å². The van der Waals surface area contributed by atoms with Crippen molar-refractivity contribution in [2.45, 2.75) is 70.4 Å². The predicted octanol–water partition coefficient (Wildman–Crippen LogP) is 2.71. The standard InChI is InChI=1S/C19H35N3O2/c1-3-24-17-13-16(19(17)9-4-5-10-19)22-18(20-2)21-11-6-12-23-14-15-7-8-15/h15-17H,3-14H2,1-2H3,(H2,20,21,22). The number of nitrogens with zero attached hydrogens (tertiary/aromatic N) is 1. The first-order chi connectivity index (χ1) is 11.8. The summed E-state index contributed by atoms with van der Waals surface area (Å²) in [4.78, 5) is 4.40. The van der Waals surface area contributed by atoms with Crippen LogP contribution in [-0.4, -0.2) is 51.5 Å². The van der Waals surface area contributed by atoms with E-state index >= 15 is 0 Å². The highest BCUT2D eigenvalue weighted by atomic mass is 16.5. The quantitative estimate of drug-likeness (QED) is 0.386. The van der Waals surface area contributed by atoms with Crippen LogP contribution in [0.25, 0.3) is 0 Å². The molecule has 0 radical (unpaired) electrons. The van der Waals surface area contributed by atoms with Crippen LogP contribution >= 0.6 is 0 Å². The van der Waals surface area contributed by atoms with E-state index < -0.39 is 0 Å². The van der Waals surface area contributed by atoms with Gasteiger partial charge in [0.15, 0.2) is 5.96 Å². The molecule has 3 fully saturated rings. The Morgan fingerprint density at radius 1 is 1.25 bits per heavy atom. The molecule has 0 aliphatic heterocycles. The van der Waals surface area contributed by atoms with Crippen molar-refractivity contribution in [3.05, 3.63) is 0 Å². The van der Waals surface area contributed by atoms with E-state index in [0.717, 1.165) is 51.1 Å². The lowest BCUT2D eigenvalue weighted by atomic mass is 9.60. The van der Waals surface area contributed by atoms with Crippen LogP contribution in [0, 0.1) is 11.3 Å². The molecule has 0 amide bonds. The summed E-state index contributed by atoms with van der Waals surface area (Å²) in [7, 11) is 1.86. The molecule has 0 heterocycles. The van der Waals surface area contributed by atoms with Crippen LogP contribution in [0.2, 0.25) is 0 Å². The molecule has 2 atom stereocenters. The summed E-state index contributed by atoms with van der Waals surface area (Å²) >= 11 is 0. The molecule has 2 N–H and O–H groups in total. The Balaban J connectivity index is 1.37. The maximum absolute atomic E-state index is 5.99. The lowest BCUT2D eigenvalue weighted by Gasteiger charge is -2.54. The van der Waals surface area contributed by atoms with Gasteiger partial charge in [0.05, 0.1) is 6.10 Å². The molecule has 138 valence electrons. The molecular formula is C19H35N3O2. The summed E-state index contributed by atoms with van der Waals surface area (Å²) in [6.07, 6.45) is 10.6.